The van der Waals surface area contributed by atoms with Gasteiger partial charge in [-0.2, -0.15) is 0 Å². The number of rotatable bonds is 0. The van der Waals surface area contributed by atoms with Crippen LogP contribution in [-0.4, -0.2) is 22.4 Å². The minimum Gasteiger partial charge on any atom is -0.261 e. The van der Waals surface area contributed by atoms with Crippen LogP contribution in [0.2, 0.25) is 0 Å². The van der Waals surface area contributed by atoms with Gasteiger partial charge in [0.25, 0.3) is 0 Å². The van der Waals surface area contributed by atoms with E-state index in [0.29, 0.717) is 0 Å². The largest absolute Gasteiger partial charge is 0.261 e. The van der Waals surface area contributed by atoms with Crippen LogP contribution in [0.1, 0.15) is 22.3 Å². The first-order chi connectivity index (χ1) is 12.8. The van der Waals surface area contributed by atoms with Crippen LogP contribution < -0.4 is 0 Å². The molecule has 3 aliphatic rings. The molecule has 3 heterocycles. The van der Waals surface area contributed by atoms with Crippen LogP contribution in [-0.2, 0) is 0 Å². The van der Waals surface area contributed by atoms with Crippen molar-refractivity contribution < 1.29 is 0 Å². The first-order valence-corrected chi connectivity index (χ1v) is 8.66. The van der Waals surface area contributed by atoms with Crippen molar-refractivity contribution in [3.8, 4) is 0 Å². The second-order valence-corrected chi connectivity index (χ2v) is 6.64. The highest BCUT2D eigenvalue weighted by Crippen LogP contribution is 2.41. The van der Waals surface area contributed by atoms with Crippen molar-refractivity contribution in [2.24, 2.45) is 15.0 Å². The molecule has 4 nitrogen and oxygen atoms in total. The van der Waals surface area contributed by atoms with E-state index in [4.69, 9.17) is 15.0 Å². The fourth-order valence-electron chi connectivity index (χ4n) is 3.88. The molecule has 0 aromatic heterocycles. The highest BCUT2D eigenvalue weighted by atomic mass is 15.3. The van der Waals surface area contributed by atoms with Crippen molar-refractivity contribution in [1.82, 2.24) is 4.90 Å². The number of hydrogen-bond acceptors (Lipinski definition) is 4. The summed E-state index contributed by atoms with van der Waals surface area (Å²) in [6.45, 7) is 2.11. The summed E-state index contributed by atoms with van der Waals surface area (Å²) in [6, 6.07) is 22.6. The van der Waals surface area contributed by atoms with Gasteiger partial charge in [0.05, 0.1) is 17.1 Å². The Morgan fingerprint density at radius 2 is 1.12 bits per heavy atom. The molecule has 0 spiro atoms. The average Bonchev–Trinajstić information content (AvgIpc) is 2.68. The van der Waals surface area contributed by atoms with Gasteiger partial charge in [0.15, 0.2) is 0 Å². The zero-order valence-electron chi connectivity index (χ0n) is 14.1. The van der Waals surface area contributed by atoms with Gasteiger partial charge in [-0.05, 0) is 42.8 Å². The predicted molar refractivity (Wildman–Crippen MR) is 104 cm³/mol. The molecule has 0 fully saturated rings. The van der Waals surface area contributed by atoms with Crippen LogP contribution in [0.25, 0.3) is 0 Å². The van der Waals surface area contributed by atoms with Gasteiger partial charge < -0.3 is 0 Å². The second-order valence-electron chi connectivity index (χ2n) is 6.64. The predicted octanol–water partition coefficient (Wildman–Crippen LogP) is 4.87. The molecule has 0 bridgehead atoms. The zero-order chi connectivity index (χ0) is 17.3. The van der Waals surface area contributed by atoms with E-state index >= 15 is 0 Å². The molecular weight excluding hydrogens is 320 g/mol. The Labute approximate surface area is 150 Å². The lowest BCUT2D eigenvalue weighted by Crippen LogP contribution is -2.48. The molecule has 0 saturated heterocycles. The lowest BCUT2D eigenvalue weighted by Gasteiger charge is -2.38. The number of fused-ring (bicyclic) bond motifs is 6. The Morgan fingerprint density at radius 1 is 0.577 bits per heavy atom. The number of amidine groups is 3. The Hall–Kier alpha value is -3.53. The number of hydrogen-bond donors (Lipinski definition) is 0. The van der Waals surface area contributed by atoms with Crippen LogP contribution in [0.5, 0.6) is 0 Å². The molecule has 0 N–H and O–H groups in total. The molecule has 3 aromatic carbocycles. The molecule has 122 valence electrons. The van der Waals surface area contributed by atoms with E-state index in [9.17, 15) is 0 Å². The second kappa shape index (κ2) is 4.76. The SMILES string of the molecule is Cc1cccc2c1C1=Nc3ccccc3C3=Nc4ccccc4C(=N2)N31. The van der Waals surface area contributed by atoms with Gasteiger partial charge in [-0.15, -0.1) is 0 Å². The maximum atomic E-state index is 5.01. The zero-order valence-corrected chi connectivity index (χ0v) is 14.1. The Balaban J connectivity index is 1.79. The molecule has 3 aromatic rings. The summed E-state index contributed by atoms with van der Waals surface area (Å²) in [5.74, 6) is 2.71. The number of benzene rings is 3. The van der Waals surface area contributed by atoms with E-state index in [1.807, 2.05) is 36.4 Å². The summed E-state index contributed by atoms with van der Waals surface area (Å²) in [7, 11) is 0. The van der Waals surface area contributed by atoms with Crippen LogP contribution in [0.4, 0.5) is 17.1 Å². The quantitative estimate of drug-likeness (QED) is 0.578. The van der Waals surface area contributed by atoms with Gasteiger partial charge >= 0.3 is 0 Å². The van der Waals surface area contributed by atoms with Crippen molar-refractivity contribution in [1.29, 1.82) is 0 Å². The molecule has 3 aliphatic heterocycles. The third-order valence-corrected chi connectivity index (χ3v) is 5.08. The molecule has 0 radical (unpaired) electrons. The standard InChI is InChI=1S/C22H14N4/c1-13-7-6-12-18-19(13)22-24-17-11-5-3-9-15(17)20-23-16-10-4-2-8-14(16)21(25-18)26(20)22/h2-12H,1H3. The summed E-state index contributed by atoms with van der Waals surface area (Å²) >= 11 is 0. The van der Waals surface area contributed by atoms with Crippen molar-refractivity contribution >= 4 is 34.6 Å². The van der Waals surface area contributed by atoms with Crippen LogP contribution >= 0.6 is 0 Å². The first kappa shape index (κ1) is 13.7. The van der Waals surface area contributed by atoms with Gasteiger partial charge in [0.2, 0.25) is 0 Å². The third-order valence-electron chi connectivity index (χ3n) is 5.08. The van der Waals surface area contributed by atoms with E-state index in [-0.39, 0.29) is 0 Å². The lowest BCUT2D eigenvalue weighted by molar-refractivity contribution is 0.861. The average molecular weight is 334 g/mol. The highest BCUT2D eigenvalue weighted by molar-refractivity contribution is 6.36. The Kier molecular flexibility index (Phi) is 2.51. The third kappa shape index (κ3) is 1.66. The number of para-hydroxylation sites is 2. The van der Waals surface area contributed by atoms with Gasteiger partial charge in [0, 0.05) is 16.7 Å². The minimum atomic E-state index is 0.900. The van der Waals surface area contributed by atoms with Crippen molar-refractivity contribution in [3.05, 3.63) is 89.0 Å². The molecule has 6 rings (SSSR count). The molecule has 0 amide bonds. The first-order valence-electron chi connectivity index (χ1n) is 8.66. The van der Waals surface area contributed by atoms with E-state index in [2.05, 4.69) is 42.2 Å². The fraction of sp³-hybridized carbons (Fsp3) is 0.0455. The maximum Gasteiger partial charge on any atom is 0.150 e. The Morgan fingerprint density at radius 3 is 1.81 bits per heavy atom. The molecule has 4 heteroatoms. The summed E-state index contributed by atoms with van der Waals surface area (Å²) in [5, 5.41) is 0. The summed E-state index contributed by atoms with van der Waals surface area (Å²) in [6.07, 6.45) is 0. The monoisotopic (exact) mass is 334 g/mol. The molecule has 0 atom stereocenters. The van der Waals surface area contributed by atoms with Crippen LogP contribution in [0.3, 0.4) is 0 Å². The number of aryl methyl sites for hydroxylation is 1. The number of aliphatic imine (C=N–C) groups is 3. The molecule has 0 unspecified atom stereocenters. The molecule has 0 aliphatic carbocycles. The topological polar surface area (TPSA) is 40.3 Å². The van der Waals surface area contributed by atoms with E-state index < -0.39 is 0 Å². The van der Waals surface area contributed by atoms with Crippen LogP contribution in [0.15, 0.2) is 81.7 Å². The molecule has 0 saturated carbocycles. The summed E-state index contributed by atoms with van der Waals surface area (Å²) in [4.78, 5) is 17.1. The van der Waals surface area contributed by atoms with E-state index in [1.54, 1.807) is 0 Å². The fourth-order valence-corrected chi connectivity index (χ4v) is 3.88. The van der Waals surface area contributed by atoms with Gasteiger partial charge in [-0.3, -0.25) is 4.90 Å². The normalized spacial score (nSPS) is 15.7. The highest BCUT2D eigenvalue weighted by Gasteiger charge is 2.39. The Bertz CT molecular complexity index is 1190. The van der Waals surface area contributed by atoms with Crippen LogP contribution in [0, 0.1) is 6.92 Å². The minimum absolute atomic E-state index is 0.900. The van der Waals surface area contributed by atoms with Gasteiger partial charge in [0.1, 0.15) is 17.5 Å². The smallest absolute Gasteiger partial charge is 0.150 e. The molecule has 26 heavy (non-hydrogen) atoms. The molecular formula is C22H14N4. The van der Waals surface area contributed by atoms with Crippen molar-refractivity contribution in [2.75, 3.05) is 0 Å². The van der Waals surface area contributed by atoms with Gasteiger partial charge in [-0.25, -0.2) is 15.0 Å². The summed E-state index contributed by atoms with van der Waals surface area (Å²) < 4.78 is 0. The maximum absolute atomic E-state index is 5.01. The van der Waals surface area contributed by atoms with Gasteiger partial charge in [-0.1, -0.05) is 36.4 Å². The lowest BCUT2D eigenvalue weighted by atomic mass is 9.96. The van der Waals surface area contributed by atoms with Crippen molar-refractivity contribution in [2.45, 2.75) is 6.92 Å². The number of nitrogens with zero attached hydrogens (tertiary/aromatic N) is 4. The van der Waals surface area contributed by atoms with Crippen molar-refractivity contribution in [3.63, 3.8) is 0 Å². The van der Waals surface area contributed by atoms with E-state index in [0.717, 1.165) is 51.3 Å². The summed E-state index contributed by atoms with van der Waals surface area (Å²) in [5.41, 5.74) is 7.19. The van der Waals surface area contributed by atoms with E-state index in [1.165, 1.54) is 5.56 Å².